The third-order valence-corrected chi connectivity index (χ3v) is 8.21. The van der Waals surface area contributed by atoms with Crippen LogP contribution in [0.2, 0.25) is 0 Å². The molecular formula is C37H42FN7S. The molecule has 4 heterocycles. The number of H-pyrrole nitrogens is 2. The van der Waals surface area contributed by atoms with E-state index in [1.165, 1.54) is 0 Å². The first-order valence-corrected chi connectivity index (χ1v) is 17.5. The molecule has 5 aromatic rings. The van der Waals surface area contributed by atoms with Gasteiger partial charge in [0, 0.05) is 40.6 Å². The zero-order valence-electron chi connectivity index (χ0n) is 27.2. The van der Waals surface area contributed by atoms with E-state index in [-0.39, 0.29) is 5.82 Å². The second kappa shape index (κ2) is 13.7. The van der Waals surface area contributed by atoms with Crippen molar-refractivity contribution in [2.75, 3.05) is 11.6 Å². The van der Waals surface area contributed by atoms with Gasteiger partial charge in [-0.2, -0.15) is 14.5 Å². The van der Waals surface area contributed by atoms with E-state index in [4.69, 9.17) is 0 Å². The fraction of sp³-hybridized carbons (Fsp3) is 0.216. The van der Waals surface area contributed by atoms with Gasteiger partial charge in [-0.3, -0.25) is 19.8 Å². The zero-order valence-corrected chi connectivity index (χ0v) is 28.0. The first kappa shape index (κ1) is 32.7. The molecule has 0 aliphatic heterocycles. The summed E-state index contributed by atoms with van der Waals surface area (Å²) in [6.07, 6.45) is 14.2. The monoisotopic (exact) mass is 635 g/mol. The number of rotatable bonds is 12. The van der Waals surface area contributed by atoms with E-state index in [0.29, 0.717) is 12.5 Å². The number of aromatic amines is 2. The molecule has 9 heteroatoms. The molecule has 0 saturated heterocycles. The maximum atomic E-state index is 14.9. The summed E-state index contributed by atoms with van der Waals surface area (Å²) in [6, 6.07) is 11.3. The summed E-state index contributed by atoms with van der Waals surface area (Å²) >= 11 is 0. The summed E-state index contributed by atoms with van der Waals surface area (Å²) in [4.78, 5) is 12.7. The highest BCUT2D eigenvalue weighted by Gasteiger charge is 2.18. The van der Waals surface area contributed by atoms with Crippen LogP contribution in [-0.2, 0) is 6.54 Å². The summed E-state index contributed by atoms with van der Waals surface area (Å²) in [5.41, 5.74) is 10.3. The van der Waals surface area contributed by atoms with E-state index in [2.05, 4.69) is 73.4 Å². The number of aryl methyl sites for hydroxylation is 1. The number of hydrogen-bond acceptors (Lipinski definition) is 5. The molecule has 0 bridgehead atoms. The van der Waals surface area contributed by atoms with Crippen molar-refractivity contribution in [1.29, 1.82) is 0 Å². The van der Waals surface area contributed by atoms with Gasteiger partial charge in [0.25, 0.3) is 0 Å². The molecule has 0 unspecified atom stereocenters. The predicted octanol–water partition coefficient (Wildman–Crippen LogP) is 8.75. The Balaban J connectivity index is 1.51. The van der Waals surface area contributed by atoms with Gasteiger partial charge in [0.05, 0.1) is 35.0 Å². The Hall–Kier alpha value is -4.73. The number of halogens is 1. The summed E-state index contributed by atoms with van der Waals surface area (Å²) in [7, 11) is -1.44. The number of anilines is 1. The van der Waals surface area contributed by atoms with Crippen molar-refractivity contribution < 1.29 is 4.39 Å². The van der Waals surface area contributed by atoms with Crippen LogP contribution in [0.5, 0.6) is 0 Å². The van der Waals surface area contributed by atoms with Gasteiger partial charge in [0.15, 0.2) is 0 Å². The molecule has 4 aromatic heterocycles. The van der Waals surface area contributed by atoms with Crippen LogP contribution in [0.3, 0.4) is 0 Å². The molecule has 1 aromatic carbocycles. The van der Waals surface area contributed by atoms with Crippen LogP contribution < -0.4 is 10.0 Å². The van der Waals surface area contributed by atoms with Crippen LogP contribution in [0.4, 0.5) is 10.1 Å². The van der Waals surface area contributed by atoms with Gasteiger partial charge in [0.2, 0.25) is 0 Å². The molecule has 0 radical (unpaired) electrons. The van der Waals surface area contributed by atoms with Gasteiger partial charge in [-0.1, -0.05) is 50.4 Å². The van der Waals surface area contributed by atoms with Crippen molar-refractivity contribution in [3.05, 3.63) is 114 Å². The molecule has 0 fully saturated rings. The zero-order chi connectivity index (χ0) is 33.0. The Morgan fingerprint density at radius 1 is 1.09 bits per heavy atom. The molecular weight excluding hydrogens is 594 g/mol. The number of nitrogens with zero attached hydrogens (tertiary/aromatic N) is 3. The molecule has 0 aliphatic rings. The molecule has 0 atom stereocenters. The fourth-order valence-electron chi connectivity index (χ4n) is 5.34. The van der Waals surface area contributed by atoms with Crippen molar-refractivity contribution in [2.24, 2.45) is 5.92 Å². The SMILES string of the molecule is C=C(CC(C)C)Nc1cncc(-c2cc3c(-c4cc(/C(=C\C=C/C)c5cc(F)cc(CNS(=C)(=C)C)c5)c(C)[nH]4)n[nH]c3cn2)c1. The molecule has 7 nitrogen and oxygen atoms in total. The maximum Gasteiger partial charge on any atom is 0.124 e. The lowest BCUT2D eigenvalue weighted by Crippen LogP contribution is -2.08. The molecule has 46 heavy (non-hydrogen) atoms. The predicted molar refractivity (Wildman–Crippen MR) is 197 cm³/mol. The van der Waals surface area contributed by atoms with E-state index in [1.54, 1.807) is 30.7 Å². The van der Waals surface area contributed by atoms with Crippen molar-refractivity contribution >= 4 is 43.3 Å². The second-order valence-electron chi connectivity index (χ2n) is 12.2. The lowest BCUT2D eigenvalue weighted by atomic mass is 9.95. The quantitative estimate of drug-likeness (QED) is 0.0813. The molecule has 0 aliphatic carbocycles. The van der Waals surface area contributed by atoms with E-state index in [1.807, 2.05) is 56.5 Å². The average Bonchev–Trinajstić information content (AvgIpc) is 3.58. The largest absolute Gasteiger partial charge is 0.358 e. The lowest BCUT2D eigenvalue weighted by Gasteiger charge is -2.13. The van der Waals surface area contributed by atoms with Crippen molar-refractivity contribution in [1.82, 2.24) is 29.9 Å². The third-order valence-electron chi connectivity index (χ3n) is 7.37. The van der Waals surface area contributed by atoms with Crippen LogP contribution in [0.15, 0.2) is 85.5 Å². The van der Waals surface area contributed by atoms with Gasteiger partial charge in [0.1, 0.15) is 11.5 Å². The Labute approximate surface area is 271 Å². The Kier molecular flexibility index (Phi) is 9.74. The van der Waals surface area contributed by atoms with Crippen LogP contribution in [0, 0.1) is 18.7 Å². The Morgan fingerprint density at radius 3 is 2.63 bits per heavy atom. The minimum Gasteiger partial charge on any atom is -0.358 e. The number of hydrogen-bond donors (Lipinski definition) is 4. The Bertz CT molecular complexity index is 2060. The van der Waals surface area contributed by atoms with E-state index >= 15 is 0 Å². The van der Waals surface area contributed by atoms with Crippen LogP contribution >= 0.6 is 9.39 Å². The second-order valence-corrected chi connectivity index (χ2v) is 15.1. The molecule has 4 N–H and O–H groups in total. The minimum atomic E-state index is -1.44. The Morgan fingerprint density at radius 2 is 1.89 bits per heavy atom. The first-order chi connectivity index (χ1) is 21.9. The standard InChI is InChI=1S/C37H42FN7S/c1-9-10-11-31(27-13-26(14-29(38)15-27)19-41-46(6,7)8)32-17-35(43-25(32)5)37-33-18-34(40-22-36(33)44-45-37)28-16-30(21-39-20-28)42-24(4)12-23(2)3/h9-11,13-18,20-23,41-43H,4,6-7,12,19H2,1-3,5,8H3,(H,44,45)/b10-9-,31-11-. The highest BCUT2D eigenvalue weighted by molar-refractivity contribution is 8.25. The summed E-state index contributed by atoms with van der Waals surface area (Å²) < 4.78 is 18.3. The number of allylic oxidation sites excluding steroid dienone is 4. The van der Waals surface area contributed by atoms with Crippen LogP contribution in [0.25, 0.3) is 39.1 Å². The molecule has 0 spiro atoms. The molecule has 0 amide bonds. The average molecular weight is 636 g/mol. The van der Waals surface area contributed by atoms with Gasteiger partial charge in [-0.25, -0.2) is 4.39 Å². The smallest absolute Gasteiger partial charge is 0.124 e. The molecule has 5 rings (SSSR count). The van der Waals surface area contributed by atoms with E-state index in [0.717, 1.165) is 79.3 Å². The number of pyridine rings is 2. The summed E-state index contributed by atoms with van der Waals surface area (Å²) in [5.74, 6) is 8.37. The number of aromatic nitrogens is 5. The first-order valence-electron chi connectivity index (χ1n) is 15.2. The van der Waals surface area contributed by atoms with Gasteiger partial charge in [-0.15, -0.1) is 0 Å². The number of nitrogens with one attached hydrogen (secondary N) is 4. The topological polar surface area (TPSA) is 94.3 Å². The highest BCUT2D eigenvalue weighted by atomic mass is 32.2. The van der Waals surface area contributed by atoms with Crippen LogP contribution in [0.1, 0.15) is 49.6 Å². The van der Waals surface area contributed by atoms with Gasteiger partial charge in [-0.05, 0) is 85.5 Å². The maximum absolute atomic E-state index is 14.9. The number of fused-ring (bicyclic) bond motifs is 1. The minimum absolute atomic E-state index is 0.296. The molecule has 238 valence electrons. The third kappa shape index (κ3) is 7.91. The highest BCUT2D eigenvalue weighted by Crippen LogP contribution is 2.35. The van der Waals surface area contributed by atoms with Crippen molar-refractivity contribution in [3.63, 3.8) is 0 Å². The fourth-order valence-corrected chi connectivity index (χ4v) is 5.86. The van der Waals surface area contributed by atoms with Crippen LogP contribution in [-0.4, -0.2) is 43.1 Å². The van der Waals surface area contributed by atoms with Gasteiger partial charge < -0.3 is 10.3 Å². The lowest BCUT2D eigenvalue weighted by molar-refractivity contribution is 0.624. The normalized spacial score (nSPS) is 12.5. The molecule has 0 saturated carbocycles. The van der Waals surface area contributed by atoms with E-state index < -0.39 is 9.39 Å². The summed E-state index contributed by atoms with van der Waals surface area (Å²) in [6.45, 7) is 12.9. The number of benzene rings is 1. The van der Waals surface area contributed by atoms with Crippen molar-refractivity contribution in [2.45, 2.75) is 40.7 Å². The van der Waals surface area contributed by atoms with E-state index in [9.17, 15) is 4.39 Å². The van der Waals surface area contributed by atoms with Crippen molar-refractivity contribution in [3.8, 4) is 22.6 Å². The summed E-state index contributed by atoms with van der Waals surface area (Å²) in [5, 5.41) is 12.1. The van der Waals surface area contributed by atoms with Gasteiger partial charge >= 0.3 is 0 Å².